The van der Waals surface area contributed by atoms with Crippen molar-refractivity contribution in [1.82, 2.24) is 0 Å². The van der Waals surface area contributed by atoms with Gasteiger partial charge < -0.3 is 9.84 Å². The summed E-state index contributed by atoms with van der Waals surface area (Å²) < 4.78 is 4.59. The number of rotatable bonds is 3. The molecule has 1 saturated carbocycles. The van der Waals surface area contributed by atoms with Crippen LogP contribution in [0.5, 0.6) is 0 Å². The van der Waals surface area contributed by atoms with E-state index >= 15 is 0 Å². The minimum Gasteiger partial charge on any atom is -0.469 e. The predicted octanol–water partition coefficient (Wildman–Crippen LogP) is 1.08. The second-order valence-corrected chi connectivity index (χ2v) is 4.35. The van der Waals surface area contributed by atoms with Crippen LogP contribution in [0.3, 0.4) is 0 Å². The van der Waals surface area contributed by atoms with Crippen LogP contribution in [0.15, 0.2) is 12.2 Å². The lowest BCUT2D eigenvalue weighted by Crippen LogP contribution is -2.33. The highest BCUT2D eigenvalue weighted by Gasteiger charge is 2.34. The minimum atomic E-state index is -0.683. The Morgan fingerprint density at radius 1 is 1.50 bits per heavy atom. The zero-order valence-corrected chi connectivity index (χ0v) is 9.73. The second-order valence-electron chi connectivity index (χ2n) is 4.35. The molecule has 1 rings (SSSR count). The SMILES string of the molecule is C=C1[C@H](CC(=O)OC)C[C@@H](C(C)=O)C[C@@H]1O. The summed E-state index contributed by atoms with van der Waals surface area (Å²) in [4.78, 5) is 22.5. The van der Waals surface area contributed by atoms with Crippen molar-refractivity contribution in [2.45, 2.75) is 32.3 Å². The summed E-state index contributed by atoms with van der Waals surface area (Å²) >= 11 is 0. The number of carbonyl (C=O) groups excluding carboxylic acids is 2. The van der Waals surface area contributed by atoms with Crippen LogP contribution in [0, 0.1) is 11.8 Å². The lowest BCUT2D eigenvalue weighted by atomic mass is 9.74. The Balaban J connectivity index is 2.70. The monoisotopic (exact) mass is 226 g/mol. The number of aliphatic hydroxyl groups is 1. The van der Waals surface area contributed by atoms with Gasteiger partial charge in [-0.25, -0.2) is 0 Å². The fourth-order valence-corrected chi connectivity index (χ4v) is 2.11. The number of carbonyl (C=O) groups is 2. The average Bonchev–Trinajstić information content (AvgIpc) is 2.23. The molecule has 0 aromatic rings. The third-order valence-corrected chi connectivity index (χ3v) is 3.24. The molecule has 0 aliphatic heterocycles. The molecule has 1 aliphatic carbocycles. The predicted molar refractivity (Wildman–Crippen MR) is 58.7 cm³/mol. The van der Waals surface area contributed by atoms with Crippen LogP contribution in [0.1, 0.15) is 26.2 Å². The quantitative estimate of drug-likeness (QED) is 0.578. The lowest BCUT2D eigenvalue weighted by Gasteiger charge is -2.32. The van der Waals surface area contributed by atoms with Gasteiger partial charge in [0, 0.05) is 5.92 Å². The van der Waals surface area contributed by atoms with Gasteiger partial charge in [-0.15, -0.1) is 0 Å². The molecule has 1 N–H and O–H groups in total. The summed E-state index contributed by atoms with van der Waals surface area (Å²) in [5.74, 6) is -0.593. The molecule has 0 bridgehead atoms. The van der Waals surface area contributed by atoms with E-state index in [4.69, 9.17) is 0 Å². The maximum atomic E-state index is 11.3. The third kappa shape index (κ3) is 2.92. The van der Waals surface area contributed by atoms with Gasteiger partial charge in [0.05, 0.1) is 19.6 Å². The van der Waals surface area contributed by atoms with Crippen molar-refractivity contribution in [3.05, 3.63) is 12.2 Å². The van der Waals surface area contributed by atoms with Gasteiger partial charge in [-0.05, 0) is 31.3 Å². The molecule has 0 radical (unpaired) electrons. The van der Waals surface area contributed by atoms with Gasteiger partial charge in [-0.3, -0.25) is 9.59 Å². The van der Waals surface area contributed by atoms with Crippen molar-refractivity contribution < 1.29 is 19.4 Å². The van der Waals surface area contributed by atoms with E-state index in [0.717, 1.165) is 0 Å². The van der Waals surface area contributed by atoms with Crippen molar-refractivity contribution in [3.63, 3.8) is 0 Å². The number of methoxy groups -OCH3 is 1. The van der Waals surface area contributed by atoms with Crippen LogP contribution in [-0.2, 0) is 14.3 Å². The molecule has 4 nitrogen and oxygen atoms in total. The smallest absolute Gasteiger partial charge is 0.306 e. The molecular weight excluding hydrogens is 208 g/mol. The van der Waals surface area contributed by atoms with Crippen LogP contribution in [0.4, 0.5) is 0 Å². The highest BCUT2D eigenvalue weighted by molar-refractivity contribution is 5.79. The number of hydrogen-bond donors (Lipinski definition) is 1. The maximum absolute atomic E-state index is 11.3. The topological polar surface area (TPSA) is 63.6 Å². The number of hydrogen-bond acceptors (Lipinski definition) is 4. The van der Waals surface area contributed by atoms with Crippen LogP contribution >= 0.6 is 0 Å². The van der Waals surface area contributed by atoms with Crippen LogP contribution in [-0.4, -0.2) is 30.1 Å². The van der Waals surface area contributed by atoms with Gasteiger partial charge in [0.2, 0.25) is 0 Å². The molecular formula is C12H18O4. The first-order chi connectivity index (χ1) is 7.45. The van der Waals surface area contributed by atoms with E-state index in [0.29, 0.717) is 18.4 Å². The Labute approximate surface area is 95.3 Å². The van der Waals surface area contributed by atoms with E-state index < -0.39 is 6.10 Å². The Morgan fingerprint density at radius 3 is 2.62 bits per heavy atom. The summed E-state index contributed by atoms with van der Waals surface area (Å²) in [6.45, 7) is 5.30. The van der Waals surface area contributed by atoms with E-state index in [9.17, 15) is 14.7 Å². The molecule has 0 spiro atoms. The normalized spacial score (nSPS) is 29.9. The van der Waals surface area contributed by atoms with Gasteiger partial charge in [0.15, 0.2) is 0 Å². The highest BCUT2D eigenvalue weighted by Crippen LogP contribution is 2.35. The van der Waals surface area contributed by atoms with Crippen LogP contribution < -0.4 is 0 Å². The Kier molecular flexibility index (Phi) is 4.24. The lowest BCUT2D eigenvalue weighted by molar-refractivity contribution is -0.142. The number of Topliss-reactive ketones (excluding diaryl/α,β-unsaturated/α-hetero) is 1. The van der Waals surface area contributed by atoms with Crippen molar-refractivity contribution in [2.24, 2.45) is 11.8 Å². The number of esters is 1. The van der Waals surface area contributed by atoms with Gasteiger partial charge in [-0.2, -0.15) is 0 Å². The second kappa shape index (κ2) is 5.25. The summed E-state index contributed by atoms with van der Waals surface area (Å²) in [7, 11) is 1.33. The molecule has 1 fully saturated rings. The van der Waals surface area contributed by atoms with Crippen molar-refractivity contribution in [1.29, 1.82) is 0 Å². The largest absolute Gasteiger partial charge is 0.469 e. The van der Waals surface area contributed by atoms with E-state index in [2.05, 4.69) is 11.3 Å². The standard InChI is InChI=1S/C12H18O4/c1-7-9(6-12(15)16-3)4-10(8(2)13)5-11(7)14/h9-11,14H,1,4-6H2,2-3H3/t9-,10+,11-/m0/s1. The van der Waals surface area contributed by atoms with E-state index in [-0.39, 0.29) is 30.0 Å². The summed E-state index contributed by atoms with van der Waals surface area (Å²) in [5, 5.41) is 9.75. The third-order valence-electron chi connectivity index (χ3n) is 3.24. The first-order valence-electron chi connectivity index (χ1n) is 5.39. The Hall–Kier alpha value is -1.16. The van der Waals surface area contributed by atoms with Gasteiger partial charge in [-0.1, -0.05) is 6.58 Å². The zero-order chi connectivity index (χ0) is 12.3. The summed E-state index contributed by atoms with van der Waals surface area (Å²) in [6, 6.07) is 0. The minimum absolute atomic E-state index is 0.0569. The first kappa shape index (κ1) is 12.9. The maximum Gasteiger partial charge on any atom is 0.306 e. The van der Waals surface area contributed by atoms with Crippen molar-refractivity contribution >= 4 is 11.8 Å². The van der Waals surface area contributed by atoms with E-state index in [1.807, 2.05) is 0 Å². The van der Waals surface area contributed by atoms with E-state index in [1.165, 1.54) is 14.0 Å². The number of ether oxygens (including phenoxy) is 1. The molecule has 16 heavy (non-hydrogen) atoms. The summed E-state index contributed by atoms with van der Waals surface area (Å²) in [5.41, 5.74) is 0.642. The molecule has 0 saturated heterocycles. The summed E-state index contributed by atoms with van der Waals surface area (Å²) in [6.07, 6.45) is 0.514. The molecule has 4 heteroatoms. The first-order valence-corrected chi connectivity index (χ1v) is 5.39. The molecule has 0 amide bonds. The molecule has 0 heterocycles. The highest BCUT2D eigenvalue weighted by atomic mass is 16.5. The molecule has 1 aliphatic rings. The van der Waals surface area contributed by atoms with E-state index in [1.54, 1.807) is 0 Å². The molecule has 0 aromatic heterocycles. The van der Waals surface area contributed by atoms with Crippen molar-refractivity contribution in [3.8, 4) is 0 Å². The Bertz CT molecular complexity index is 308. The van der Waals surface area contributed by atoms with Gasteiger partial charge >= 0.3 is 5.97 Å². The molecule has 0 unspecified atom stereocenters. The van der Waals surface area contributed by atoms with Gasteiger partial charge in [0.1, 0.15) is 5.78 Å². The molecule has 90 valence electrons. The van der Waals surface area contributed by atoms with Crippen molar-refractivity contribution in [2.75, 3.05) is 7.11 Å². The average molecular weight is 226 g/mol. The van der Waals surface area contributed by atoms with Crippen LogP contribution in [0.2, 0.25) is 0 Å². The number of ketones is 1. The molecule has 3 atom stereocenters. The van der Waals surface area contributed by atoms with Crippen LogP contribution in [0.25, 0.3) is 0 Å². The fourth-order valence-electron chi connectivity index (χ4n) is 2.11. The zero-order valence-electron chi connectivity index (χ0n) is 9.73. The van der Waals surface area contributed by atoms with Gasteiger partial charge in [0.25, 0.3) is 0 Å². The molecule has 0 aromatic carbocycles. The Morgan fingerprint density at radius 2 is 2.12 bits per heavy atom. The number of aliphatic hydroxyl groups excluding tert-OH is 1. The fraction of sp³-hybridized carbons (Fsp3) is 0.667.